The lowest BCUT2D eigenvalue weighted by molar-refractivity contribution is -0.299. The average molecular weight is 238 g/mol. The summed E-state index contributed by atoms with van der Waals surface area (Å²) in [5, 5.41) is 27.8. The normalized spacial score (nSPS) is 19.0. The maximum Gasteiger partial charge on any atom is 0.322 e. The van der Waals surface area contributed by atoms with E-state index in [-0.39, 0.29) is 6.42 Å². The van der Waals surface area contributed by atoms with Crippen LogP contribution in [-0.2, 0) is 11.2 Å². The molecule has 0 radical (unpaired) electrons. The second kappa shape index (κ2) is 4.01. The topological polar surface area (TPSA) is 87.0 Å². The Hall–Kier alpha value is -1.59. The molecule has 1 heterocycles. The summed E-state index contributed by atoms with van der Waals surface area (Å²) in [7, 11) is 0. The number of rotatable bonds is 2. The number of aliphatic hydroxyl groups is 2. The molecule has 3 N–H and O–H groups in total. The summed E-state index contributed by atoms with van der Waals surface area (Å²) in [4.78, 5) is 11.0. The minimum absolute atomic E-state index is 0.0311. The van der Waals surface area contributed by atoms with Gasteiger partial charge in [0, 0.05) is 6.42 Å². The highest BCUT2D eigenvalue weighted by Gasteiger charge is 2.33. The fourth-order valence-electron chi connectivity index (χ4n) is 2.00. The van der Waals surface area contributed by atoms with Gasteiger partial charge in [-0.1, -0.05) is 12.1 Å². The van der Waals surface area contributed by atoms with Gasteiger partial charge < -0.3 is 20.1 Å². The molecule has 0 amide bonds. The molecule has 1 aliphatic heterocycles. The average Bonchev–Trinajstić information content (AvgIpc) is 2.25. The molecule has 0 saturated carbocycles. The molecule has 0 bridgehead atoms. The van der Waals surface area contributed by atoms with E-state index in [0.717, 1.165) is 5.56 Å². The van der Waals surface area contributed by atoms with Gasteiger partial charge >= 0.3 is 11.9 Å². The van der Waals surface area contributed by atoms with Gasteiger partial charge in [-0.2, -0.15) is 0 Å². The number of carboxylic acid groups (broad SMARTS) is 1. The first-order valence-electron chi connectivity index (χ1n) is 5.39. The molecule has 0 saturated heterocycles. The van der Waals surface area contributed by atoms with Crippen LogP contribution in [0.3, 0.4) is 0 Å². The predicted octanol–water partition coefficient (Wildman–Crippen LogP) is 0.838. The van der Waals surface area contributed by atoms with Crippen molar-refractivity contribution >= 4 is 5.97 Å². The summed E-state index contributed by atoms with van der Waals surface area (Å²) in [6, 6.07) is 4.98. The summed E-state index contributed by atoms with van der Waals surface area (Å²) in [6.07, 6.45) is 0.416. The van der Waals surface area contributed by atoms with Crippen LogP contribution >= 0.6 is 0 Å². The van der Waals surface area contributed by atoms with Gasteiger partial charge in [0.25, 0.3) is 0 Å². The first-order chi connectivity index (χ1) is 7.91. The molecule has 0 fully saturated rings. The highest BCUT2D eigenvalue weighted by molar-refractivity contribution is 5.76. The number of hydrogen-bond acceptors (Lipinski definition) is 4. The third-order valence-electron chi connectivity index (χ3n) is 2.98. The molecule has 1 unspecified atom stereocenters. The van der Waals surface area contributed by atoms with Crippen molar-refractivity contribution in [3.63, 3.8) is 0 Å². The van der Waals surface area contributed by atoms with Crippen LogP contribution in [0.1, 0.15) is 30.4 Å². The van der Waals surface area contributed by atoms with Crippen LogP contribution in [0.15, 0.2) is 18.2 Å². The zero-order valence-electron chi connectivity index (χ0n) is 9.38. The van der Waals surface area contributed by atoms with E-state index in [0.29, 0.717) is 17.7 Å². The van der Waals surface area contributed by atoms with Gasteiger partial charge in [0.05, 0.1) is 5.92 Å². The molecule has 1 aliphatic rings. The molecule has 1 aromatic carbocycles. The largest absolute Gasteiger partial charge is 0.481 e. The van der Waals surface area contributed by atoms with Gasteiger partial charge in [-0.25, -0.2) is 0 Å². The van der Waals surface area contributed by atoms with E-state index in [2.05, 4.69) is 0 Å². The van der Waals surface area contributed by atoms with Crippen LogP contribution in [0.4, 0.5) is 0 Å². The van der Waals surface area contributed by atoms with Crippen LogP contribution in [0.5, 0.6) is 5.75 Å². The minimum Gasteiger partial charge on any atom is -0.481 e. The molecule has 0 aromatic heterocycles. The summed E-state index contributed by atoms with van der Waals surface area (Å²) < 4.78 is 5.01. The molecule has 17 heavy (non-hydrogen) atoms. The van der Waals surface area contributed by atoms with Crippen LogP contribution in [0, 0.1) is 0 Å². The Morgan fingerprint density at radius 3 is 2.82 bits per heavy atom. The standard InChI is InChI=1S/C12H14O5/c1-7(11(13)14)8-3-2-4-10-9(8)5-6-12(15,16)17-10/h2-4,7,15-16H,5-6H2,1H3,(H,13,14). The number of benzene rings is 1. The summed E-state index contributed by atoms with van der Waals surface area (Å²) in [5.74, 6) is -3.37. The Morgan fingerprint density at radius 1 is 1.47 bits per heavy atom. The Bertz CT molecular complexity index is 452. The van der Waals surface area contributed by atoms with E-state index >= 15 is 0 Å². The second-order valence-electron chi connectivity index (χ2n) is 4.23. The van der Waals surface area contributed by atoms with Crippen molar-refractivity contribution in [2.45, 2.75) is 31.7 Å². The summed E-state index contributed by atoms with van der Waals surface area (Å²) in [6.45, 7) is 1.59. The predicted molar refractivity (Wildman–Crippen MR) is 58.6 cm³/mol. The zero-order valence-corrected chi connectivity index (χ0v) is 9.38. The molecule has 1 atom stereocenters. The van der Waals surface area contributed by atoms with E-state index in [1.807, 2.05) is 0 Å². The van der Waals surface area contributed by atoms with Gasteiger partial charge in [0.1, 0.15) is 5.75 Å². The van der Waals surface area contributed by atoms with Crippen molar-refractivity contribution in [3.05, 3.63) is 29.3 Å². The maximum absolute atomic E-state index is 11.0. The number of ether oxygens (including phenoxy) is 1. The van der Waals surface area contributed by atoms with Crippen LogP contribution < -0.4 is 4.74 Å². The first kappa shape index (κ1) is 11.9. The first-order valence-corrected chi connectivity index (χ1v) is 5.39. The fraction of sp³-hybridized carbons (Fsp3) is 0.417. The molecule has 2 rings (SSSR count). The zero-order chi connectivity index (χ0) is 12.6. The minimum atomic E-state index is -2.15. The third-order valence-corrected chi connectivity index (χ3v) is 2.98. The number of carboxylic acids is 1. The molecular weight excluding hydrogens is 224 g/mol. The van der Waals surface area contributed by atoms with E-state index in [4.69, 9.17) is 9.84 Å². The number of carbonyl (C=O) groups is 1. The Labute approximate surface area is 98.3 Å². The molecular formula is C12H14O5. The Morgan fingerprint density at radius 2 is 2.18 bits per heavy atom. The van der Waals surface area contributed by atoms with Gasteiger partial charge in [0.15, 0.2) is 0 Å². The third kappa shape index (κ3) is 2.25. The molecule has 1 aromatic rings. The molecule has 5 nitrogen and oxygen atoms in total. The van der Waals surface area contributed by atoms with Crippen molar-refractivity contribution in [1.82, 2.24) is 0 Å². The maximum atomic E-state index is 11.0. The van der Waals surface area contributed by atoms with E-state index in [1.54, 1.807) is 25.1 Å². The van der Waals surface area contributed by atoms with Crippen molar-refractivity contribution in [1.29, 1.82) is 0 Å². The summed E-state index contributed by atoms with van der Waals surface area (Å²) in [5.41, 5.74) is 1.40. The molecule has 0 spiro atoms. The van der Waals surface area contributed by atoms with Crippen molar-refractivity contribution in [2.75, 3.05) is 0 Å². The van der Waals surface area contributed by atoms with Crippen LogP contribution in [0.25, 0.3) is 0 Å². The molecule has 5 heteroatoms. The smallest absolute Gasteiger partial charge is 0.322 e. The van der Waals surface area contributed by atoms with Gasteiger partial charge in [-0.05, 0) is 30.5 Å². The number of aliphatic carboxylic acids is 1. The van der Waals surface area contributed by atoms with Crippen molar-refractivity contribution in [3.8, 4) is 5.75 Å². The number of fused-ring (bicyclic) bond motifs is 1. The second-order valence-corrected chi connectivity index (χ2v) is 4.23. The lowest BCUT2D eigenvalue weighted by atomic mass is 9.91. The van der Waals surface area contributed by atoms with Crippen LogP contribution in [0.2, 0.25) is 0 Å². The highest BCUT2D eigenvalue weighted by Crippen LogP contribution is 2.35. The highest BCUT2D eigenvalue weighted by atomic mass is 16.8. The van der Waals surface area contributed by atoms with Crippen molar-refractivity contribution < 1.29 is 24.9 Å². The Balaban J connectivity index is 2.42. The van der Waals surface area contributed by atoms with Gasteiger partial charge in [0.2, 0.25) is 0 Å². The van der Waals surface area contributed by atoms with Crippen molar-refractivity contribution in [2.24, 2.45) is 0 Å². The summed E-state index contributed by atoms with van der Waals surface area (Å²) >= 11 is 0. The SMILES string of the molecule is CC(C(=O)O)c1cccc2c1CCC(O)(O)O2. The quantitative estimate of drug-likeness (QED) is 0.664. The van der Waals surface area contributed by atoms with Gasteiger partial charge in [-0.15, -0.1) is 0 Å². The van der Waals surface area contributed by atoms with E-state index in [9.17, 15) is 15.0 Å². The van der Waals surface area contributed by atoms with E-state index in [1.165, 1.54) is 0 Å². The lowest BCUT2D eigenvalue weighted by Crippen LogP contribution is -2.39. The van der Waals surface area contributed by atoms with Crippen LogP contribution in [-0.4, -0.2) is 27.3 Å². The lowest BCUT2D eigenvalue weighted by Gasteiger charge is -2.30. The molecule has 92 valence electrons. The molecule has 0 aliphatic carbocycles. The fourth-order valence-corrected chi connectivity index (χ4v) is 2.00. The van der Waals surface area contributed by atoms with Gasteiger partial charge in [-0.3, -0.25) is 4.79 Å². The Kier molecular flexibility index (Phi) is 2.81. The van der Waals surface area contributed by atoms with E-state index < -0.39 is 17.9 Å². The monoisotopic (exact) mass is 238 g/mol. The number of hydrogen-bond donors (Lipinski definition) is 3.